The van der Waals surface area contributed by atoms with Crippen molar-refractivity contribution in [3.05, 3.63) is 66.2 Å². The van der Waals surface area contributed by atoms with Crippen LogP contribution in [0, 0.1) is 0 Å². The molecular weight excluding hydrogens is 338 g/mol. The number of nitrogens with one attached hydrogen (secondary N) is 1. The number of hydrogen-bond acceptors (Lipinski definition) is 5. The second-order valence-corrected chi connectivity index (χ2v) is 7.13. The molecule has 25 heavy (non-hydrogen) atoms. The SMILES string of the molecule is CS(=O)(=O)O.c1ccc(CN(CC2=NCCN2)c2ccccc2)cc1. The zero-order valence-corrected chi connectivity index (χ0v) is 15.0. The van der Waals surface area contributed by atoms with Crippen molar-refractivity contribution >= 4 is 21.6 Å². The summed E-state index contributed by atoms with van der Waals surface area (Å²) in [5, 5.41) is 3.35. The third-order valence-electron chi connectivity index (χ3n) is 3.42. The van der Waals surface area contributed by atoms with E-state index in [9.17, 15) is 8.42 Å². The molecule has 0 saturated carbocycles. The van der Waals surface area contributed by atoms with Crippen LogP contribution in [0.3, 0.4) is 0 Å². The largest absolute Gasteiger partial charge is 0.370 e. The Balaban J connectivity index is 0.000000399. The highest BCUT2D eigenvalue weighted by Crippen LogP contribution is 2.16. The van der Waals surface area contributed by atoms with Crippen LogP contribution in [0.1, 0.15) is 5.56 Å². The van der Waals surface area contributed by atoms with E-state index in [0.29, 0.717) is 6.26 Å². The number of anilines is 1. The minimum Gasteiger partial charge on any atom is -0.370 e. The second kappa shape index (κ2) is 9.19. The van der Waals surface area contributed by atoms with E-state index in [-0.39, 0.29) is 0 Å². The summed E-state index contributed by atoms with van der Waals surface area (Å²) < 4.78 is 25.9. The van der Waals surface area contributed by atoms with Gasteiger partial charge in [-0.3, -0.25) is 9.55 Å². The lowest BCUT2D eigenvalue weighted by molar-refractivity contribution is 0.490. The van der Waals surface area contributed by atoms with Gasteiger partial charge >= 0.3 is 0 Å². The molecule has 0 atom stereocenters. The fourth-order valence-corrected chi connectivity index (χ4v) is 2.41. The summed E-state index contributed by atoms with van der Waals surface area (Å²) in [4.78, 5) is 6.86. The fourth-order valence-electron chi connectivity index (χ4n) is 2.41. The van der Waals surface area contributed by atoms with Crippen molar-refractivity contribution in [1.82, 2.24) is 5.32 Å². The van der Waals surface area contributed by atoms with E-state index < -0.39 is 10.1 Å². The number of hydrogen-bond donors (Lipinski definition) is 2. The van der Waals surface area contributed by atoms with E-state index >= 15 is 0 Å². The smallest absolute Gasteiger partial charge is 0.261 e. The first-order chi connectivity index (χ1) is 11.9. The number of nitrogens with zero attached hydrogens (tertiary/aromatic N) is 2. The minimum absolute atomic E-state index is 0.715. The fraction of sp³-hybridized carbons (Fsp3) is 0.278. The molecule has 2 aromatic carbocycles. The van der Waals surface area contributed by atoms with Crippen molar-refractivity contribution in [3.63, 3.8) is 0 Å². The molecule has 1 aliphatic rings. The van der Waals surface area contributed by atoms with Crippen molar-refractivity contribution in [2.24, 2.45) is 4.99 Å². The first-order valence-corrected chi connectivity index (χ1v) is 9.80. The standard InChI is InChI=1S/C17H19N3.CH4O3S/c1-3-7-15(8-4-1)13-20(14-17-18-11-12-19-17)16-9-5-2-6-10-16;1-5(2,3)4/h1-10H,11-14H2,(H,18,19);1H3,(H,2,3,4). The number of rotatable bonds is 5. The van der Waals surface area contributed by atoms with Crippen molar-refractivity contribution in [2.45, 2.75) is 6.54 Å². The Morgan fingerprint density at radius 1 is 1.04 bits per heavy atom. The maximum absolute atomic E-state index is 9.19. The predicted molar refractivity (Wildman–Crippen MR) is 102 cm³/mol. The molecule has 0 unspecified atom stereocenters. The highest BCUT2D eigenvalue weighted by atomic mass is 32.2. The molecule has 3 rings (SSSR count). The van der Waals surface area contributed by atoms with Crippen LogP contribution in [-0.4, -0.2) is 44.7 Å². The molecule has 6 nitrogen and oxygen atoms in total. The Hall–Kier alpha value is -2.38. The quantitative estimate of drug-likeness (QED) is 0.798. The molecule has 2 aromatic rings. The van der Waals surface area contributed by atoms with E-state index in [4.69, 9.17) is 4.55 Å². The summed E-state index contributed by atoms with van der Waals surface area (Å²) in [6.45, 7) is 3.58. The molecule has 0 saturated heterocycles. The summed E-state index contributed by atoms with van der Waals surface area (Å²) in [6.07, 6.45) is 0.715. The summed E-state index contributed by atoms with van der Waals surface area (Å²) in [5.41, 5.74) is 2.54. The van der Waals surface area contributed by atoms with Gasteiger partial charge in [0.05, 0.1) is 19.3 Å². The molecule has 0 bridgehead atoms. The maximum Gasteiger partial charge on any atom is 0.261 e. The van der Waals surface area contributed by atoms with E-state index in [0.717, 1.165) is 32.0 Å². The van der Waals surface area contributed by atoms with Gasteiger partial charge in [0.15, 0.2) is 0 Å². The van der Waals surface area contributed by atoms with Gasteiger partial charge < -0.3 is 10.2 Å². The van der Waals surface area contributed by atoms with Crippen LogP contribution in [0.25, 0.3) is 0 Å². The first kappa shape index (κ1) is 19.0. The summed E-state index contributed by atoms with van der Waals surface area (Å²) in [7, 11) is -3.67. The minimum atomic E-state index is -3.67. The van der Waals surface area contributed by atoms with E-state index in [1.807, 2.05) is 0 Å². The third kappa shape index (κ3) is 7.82. The average molecular weight is 361 g/mol. The maximum atomic E-state index is 9.19. The van der Waals surface area contributed by atoms with Gasteiger partial charge in [-0.15, -0.1) is 0 Å². The van der Waals surface area contributed by atoms with Crippen LogP contribution in [0.4, 0.5) is 5.69 Å². The highest BCUT2D eigenvalue weighted by molar-refractivity contribution is 7.85. The molecule has 0 amide bonds. The zero-order chi connectivity index (χ0) is 18.1. The number of aliphatic imine (C=N–C) groups is 1. The van der Waals surface area contributed by atoms with Crippen molar-refractivity contribution in [2.75, 3.05) is 30.8 Å². The molecular formula is C18H23N3O3S. The summed E-state index contributed by atoms with van der Waals surface area (Å²) in [6, 6.07) is 21.1. The number of para-hydroxylation sites is 1. The average Bonchev–Trinajstić information content (AvgIpc) is 3.08. The van der Waals surface area contributed by atoms with Crippen LogP contribution in [-0.2, 0) is 16.7 Å². The van der Waals surface area contributed by atoms with Gasteiger partial charge in [0, 0.05) is 18.8 Å². The molecule has 2 N–H and O–H groups in total. The first-order valence-electron chi connectivity index (χ1n) is 7.95. The van der Waals surface area contributed by atoms with Crippen LogP contribution in [0.15, 0.2) is 65.7 Å². The molecule has 0 spiro atoms. The van der Waals surface area contributed by atoms with Gasteiger partial charge in [0.2, 0.25) is 0 Å². The summed E-state index contributed by atoms with van der Waals surface area (Å²) in [5.74, 6) is 1.09. The van der Waals surface area contributed by atoms with Crippen LogP contribution >= 0.6 is 0 Å². The molecule has 1 aliphatic heterocycles. The van der Waals surface area contributed by atoms with Crippen LogP contribution in [0.2, 0.25) is 0 Å². The van der Waals surface area contributed by atoms with Crippen LogP contribution < -0.4 is 10.2 Å². The lowest BCUT2D eigenvalue weighted by atomic mass is 10.2. The second-order valence-electron chi connectivity index (χ2n) is 5.67. The molecule has 7 heteroatoms. The van der Waals surface area contributed by atoms with Gasteiger partial charge in [-0.1, -0.05) is 48.5 Å². The van der Waals surface area contributed by atoms with Crippen LogP contribution in [0.5, 0.6) is 0 Å². The Labute approximate surface area is 149 Å². The van der Waals surface area contributed by atoms with Crippen molar-refractivity contribution in [3.8, 4) is 0 Å². The monoisotopic (exact) mass is 361 g/mol. The molecule has 134 valence electrons. The van der Waals surface area contributed by atoms with Gasteiger partial charge in [0.25, 0.3) is 10.1 Å². The molecule has 0 fully saturated rings. The van der Waals surface area contributed by atoms with Gasteiger partial charge in [0.1, 0.15) is 5.84 Å². The molecule has 0 aromatic heterocycles. The Morgan fingerprint density at radius 2 is 1.60 bits per heavy atom. The predicted octanol–water partition coefficient (Wildman–Crippen LogP) is 2.20. The van der Waals surface area contributed by atoms with Gasteiger partial charge in [-0.25, -0.2) is 0 Å². The number of amidine groups is 1. The highest BCUT2D eigenvalue weighted by Gasteiger charge is 2.12. The Morgan fingerprint density at radius 3 is 2.12 bits per heavy atom. The Kier molecular flexibility index (Phi) is 6.97. The topological polar surface area (TPSA) is 82.0 Å². The lowest BCUT2D eigenvalue weighted by Gasteiger charge is -2.25. The summed E-state index contributed by atoms with van der Waals surface area (Å²) >= 11 is 0. The molecule has 0 aliphatic carbocycles. The van der Waals surface area contributed by atoms with Gasteiger partial charge in [-0.05, 0) is 17.7 Å². The van der Waals surface area contributed by atoms with E-state index in [2.05, 4.69) is 75.9 Å². The molecule has 1 heterocycles. The Bertz CT molecular complexity index is 770. The van der Waals surface area contributed by atoms with Gasteiger partial charge in [-0.2, -0.15) is 8.42 Å². The van der Waals surface area contributed by atoms with Crippen molar-refractivity contribution in [1.29, 1.82) is 0 Å². The molecule has 0 radical (unpaired) electrons. The normalized spacial score (nSPS) is 13.3. The number of benzene rings is 2. The third-order valence-corrected chi connectivity index (χ3v) is 3.42. The van der Waals surface area contributed by atoms with E-state index in [1.165, 1.54) is 11.3 Å². The van der Waals surface area contributed by atoms with Crippen molar-refractivity contribution < 1.29 is 13.0 Å². The lowest BCUT2D eigenvalue weighted by Crippen LogP contribution is -2.34. The van der Waals surface area contributed by atoms with E-state index in [1.54, 1.807) is 0 Å². The zero-order valence-electron chi connectivity index (χ0n) is 14.2.